The van der Waals surface area contributed by atoms with E-state index in [0.29, 0.717) is 17.1 Å². The second-order valence-electron chi connectivity index (χ2n) is 3.26. The van der Waals surface area contributed by atoms with E-state index in [9.17, 15) is 4.79 Å². The maximum atomic E-state index is 11.1. The van der Waals surface area contributed by atoms with Crippen LogP contribution in [0.5, 0.6) is 0 Å². The minimum atomic E-state index is -0.312. The van der Waals surface area contributed by atoms with E-state index in [1.165, 1.54) is 19.1 Å². The van der Waals surface area contributed by atoms with Crippen LogP contribution in [-0.4, -0.2) is 10.5 Å². The average molecular weight is 219 g/mol. The molecular weight excluding hydrogens is 202 g/mol. The van der Waals surface area contributed by atoms with Crippen LogP contribution in [0.25, 0.3) is 5.69 Å². The van der Waals surface area contributed by atoms with Crippen LogP contribution in [0.15, 0.2) is 42.6 Å². The van der Waals surface area contributed by atoms with Crippen LogP contribution in [-0.2, 0) is 4.79 Å². The van der Waals surface area contributed by atoms with Crippen LogP contribution < -0.4 is 11.1 Å². The summed E-state index contributed by atoms with van der Waals surface area (Å²) in [5, 5.41) is 2.55. The van der Waals surface area contributed by atoms with E-state index in [1.54, 1.807) is 6.07 Å². The lowest BCUT2D eigenvalue weighted by Crippen LogP contribution is -2.08. The predicted molar refractivity (Wildman–Crippen MR) is 64.5 cm³/mol. The molecule has 0 aliphatic rings. The minimum Gasteiger partial charge on any atom is -0.397 e. The van der Waals surface area contributed by atoms with Crippen LogP contribution in [0.3, 0.4) is 0 Å². The van der Waals surface area contributed by atoms with Gasteiger partial charge in [0, 0.05) is 25.0 Å². The predicted octanol–water partition coefficient (Wildman–Crippen LogP) is 2.02. The highest BCUT2D eigenvalue weighted by molar-refractivity contribution is 5.92. The van der Waals surface area contributed by atoms with Crippen LogP contribution in [0, 0.1) is 0 Å². The molecule has 1 aromatic carbocycles. The summed E-state index contributed by atoms with van der Waals surface area (Å²) >= 11 is 0. The number of nitrogens with zero attached hydrogens (tertiary/aromatic N) is 1. The second kappa shape index (κ2) is 4.10. The Bertz CT molecular complexity index is 671. The van der Waals surface area contributed by atoms with Gasteiger partial charge >= 0.3 is 0 Å². The van der Waals surface area contributed by atoms with Crippen molar-refractivity contribution in [1.82, 2.24) is 4.57 Å². The zero-order valence-electron chi connectivity index (χ0n) is 12.7. The molecule has 4 nitrogen and oxygen atoms in total. The Balaban J connectivity index is 2.60. The molecule has 0 radical (unpaired) electrons. The van der Waals surface area contributed by atoms with Gasteiger partial charge in [-0.1, -0.05) is 0 Å². The molecule has 0 aliphatic heterocycles. The number of nitrogens with two attached hydrogens (primary N) is 1. The number of nitrogens with one attached hydrogen (secondary N) is 1. The van der Waals surface area contributed by atoms with E-state index in [1.807, 2.05) is 0 Å². The number of anilines is 2. The number of hydrogen-bond acceptors (Lipinski definition) is 2. The van der Waals surface area contributed by atoms with Crippen molar-refractivity contribution in [3.63, 3.8) is 0 Å². The highest BCUT2D eigenvalue weighted by atomic mass is 16.1. The molecule has 0 aliphatic carbocycles. The molecule has 16 heavy (non-hydrogen) atoms. The molecule has 1 amide bonds. The highest BCUT2D eigenvalue weighted by Crippen LogP contribution is 2.22. The minimum absolute atomic E-state index is 0.251. The molecule has 82 valence electrons. The van der Waals surface area contributed by atoms with E-state index >= 15 is 0 Å². The van der Waals surface area contributed by atoms with E-state index in [0.717, 1.165) is 4.57 Å². The fraction of sp³-hybridized carbons (Fsp3) is 0.0833. The van der Waals surface area contributed by atoms with Crippen LogP contribution in [0.2, 0.25) is 0 Å². The number of nitrogen functional groups attached to an aromatic ring is 1. The van der Waals surface area contributed by atoms with Crippen molar-refractivity contribution in [2.75, 3.05) is 11.1 Å². The Morgan fingerprint density at radius 1 is 1.44 bits per heavy atom. The zero-order chi connectivity index (χ0) is 15.0. The first-order valence-electron chi connectivity index (χ1n) is 6.65. The van der Waals surface area contributed by atoms with Gasteiger partial charge in [-0.2, -0.15) is 0 Å². The van der Waals surface area contributed by atoms with Crippen LogP contribution in [0.4, 0.5) is 11.4 Å². The third kappa shape index (κ3) is 2.06. The van der Waals surface area contributed by atoms with Gasteiger partial charge in [-0.3, -0.25) is 4.79 Å². The molecule has 0 spiro atoms. The average Bonchev–Trinajstić information content (AvgIpc) is 2.57. The van der Waals surface area contributed by atoms with Crippen molar-refractivity contribution in [2.45, 2.75) is 6.92 Å². The van der Waals surface area contributed by atoms with Gasteiger partial charge in [-0.05, 0) is 30.3 Å². The smallest absolute Gasteiger partial charge is 0.221 e. The van der Waals surface area contributed by atoms with Crippen LogP contribution >= 0.6 is 0 Å². The maximum absolute atomic E-state index is 11.1. The molecule has 3 N–H and O–H groups in total. The number of rotatable bonds is 2. The van der Waals surface area contributed by atoms with Crippen molar-refractivity contribution >= 4 is 17.3 Å². The van der Waals surface area contributed by atoms with Crippen molar-refractivity contribution in [1.29, 1.82) is 0 Å². The first-order valence-corrected chi connectivity index (χ1v) is 4.65. The largest absolute Gasteiger partial charge is 0.397 e. The standard InChI is InChI=1S/C12H13N3O/c1-9(16)14-12-8-10(4-5-11(12)13)15-6-2-3-7-15/h2-8H,13H2,1H3,(H,14,16)/i2D,3D,6D,7D. The van der Waals surface area contributed by atoms with Gasteiger partial charge in [0.15, 0.2) is 0 Å². The van der Waals surface area contributed by atoms with Gasteiger partial charge in [0.1, 0.15) is 0 Å². The fourth-order valence-corrected chi connectivity index (χ4v) is 1.31. The molecule has 0 bridgehead atoms. The normalized spacial score (nSPS) is 13.6. The zero-order valence-corrected chi connectivity index (χ0v) is 8.66. The van der Waals surface area contributed by atoms with Crippen molar-refractivity contribution in [2.24, 2.45) is 0 Å². The summed E-state index contributed by atoms with van der Waals surface area (Å²) in [5.41, 5.74) is 6.84. The monoisotopic (exact) mass is 219 g/mol. The van der Waals surface area contributed by atoms with E-state index in [-0.39, 0.29) is 30.3 Å². The number of benzene rings is 1. The van der Waals surface area contributed by atoms with Crippen molar-refractivity contribution in [3.8, 4) is 5.69 Å². The molecule has 0 atom stereocenters. The third-order valence-corrected chi connectivity index (χ3v) is 2.00. The molecule has 1 aromatic heterocycles. The molecule has 2 rings (SSSR count). The Hall–Kier alpha value is -2.23. The number of amides is 1. The first-order chi connectivity index (χ1) is 9.32. The molecule has 4 heteroatoms. The summed E-state index contributed by atoms with van der Waals surface area (Å²) in [6.07, 6.45) is -0.503. The third-order valence-electron chi connectivity index (χ3n) is 2.00. The lowest BCUT2D eigenvalue weighted by atomic mass is 10.2. The van der Waals surface area contributed by atoms with Gasteiger partial charge < -0.3 is 15.6 Å². The topological polar surface area (TPSA) is 60.0 Å². The Labute approximate surface area is 99.3 Å². The lowest BCUT2D eigenvalue weighted by Gasteiger charge is -2.09. The summed E-state index contributed by atoms with van der Waals surface area (Å²) in [7, 11) is 0. The summed E-state index contributed by atoms with van der Waals surface area (Å²) in [4.78, 5) is 11.1. The van der Waals surface area contributed by atoms with Gasteiger partial charge in [-0.15, -0.1) is 0 Å². The van der Waals surface area contributed by atoms with E-state index in [2.05, 4.69) is 5.32 Å². The molecule has 0 unspecified atom stereocenters. The highest BCUT2D eigenvalue weighted by Gasteiger charge is 2.03. The van der Waals surface area contributed by atoms with Crippen LogP contribution in [0.1, 0.15) is 12.4 Å². The molecule has 0 saturated heterocycles. The summed E-state index contributed by atoms with van der Waals surface area (Å²) in [6, 6.07) is 3.98. The fourth-order valence-electron chi connectivity index (χ4n) is 1.31. The first kappa shape index (κ1) is 6.37. The lowest BCUT2D eigenvalue weighted by molar-refractivity contribution is -0.114. The van der Waals surface area contributed by atoms with Gasteiger partial charge in [0.05, 0.1) is 16.9 Å². The van der Waals surface area contributed by atoms with E-state index in [4.69, 9.17) is 11.2 Å². The molecule has 0 fully saturated rings. The number of hydrogen-bond donors (Lipinski definition) is 2. The van der Waals surface area contributed by atoms with Gasteiger partial charge in [-0.25, -0.2) is 0 Å². The van der Waals surface area contributed by atoms with Gasteiger partial charge in [0.2, 0.25) is 5.91 Å². The second-order valence-corrected chi connectivity index (χ2v) is 3.26. The molecule has 1 heterocycles. The summed E-state index contributed by atoms with van der Waals surface area (Å²) in [5.74, 6) is -0.291. The summed E-state index contributed by atoms with van der Waals surface area (Å²) < 4.78 is 31.8. The molecule has 0 saturated carbocycles. The summed E-state index contributed by atoms with van der Waals surface area (Å²) in [6.45, 7) is 1.34. The van der Waals surface area contributed by atoms with Crippen molar-refractivity contribution in [3.05, 3.63) is 42.6 Å². The molecule has 2 aromatic rings. The SMILES string of the molecule is [2H]c1c([2H])c([2H])n(-c2ccc(N)c(NC(C)=O)c2)c1[2H]. The van der Waals surface area contributed by atoms with E-state index < -0.39 is 0 Å². The Morgan fingerprint density at radius 2 is 2.12 bits per heavy atom. The maximum Gasteiger partial charge on any atom is 0.221 e. The van der Waals surface area contributed by atoms with Crippen molar-refractivity contribution < 1.29 is 10.3 Å². The Morgan fingerprint density at radius 3 is 2.75 bits per heavy atom. The number of carbonyl (C=O) groups excluding carboxylic acids is 1. The molecular formula is C12H13N3O. The number of aromatic nitrogens is 1. The van der Waals surface area contributed by atoms with Gasteiger partial charge in [0.25, 0.3) is 0 Å². The quantitative estimate of drug-likeness (QED) is 0.759. The number of carbonyl (C=O) groups is 1. The Kier molecular flexibility index (Phi) is 1.63.